The van der Waals surface area contributed by atoms with E-state index >= 15 is 0 Å². The first kappa shape index (κ1) is 15.0. The van der Waals surface area contributed by atoms with Crippen LogP contribution in [-0.4, -0.2) is 27.5 Å². The van der Waals surface area contributed by atoms with E-state index in [0.29, 0.717) is 29.4 Å². The average Bonchev–Trinajstić information content (AvgIpc) is 2.77. The predicted molar refractivity (Wildman–Crippen MR) is 85.2 cm³/mol. The Kier molecular flexibility index (Phi) is 3.23. The molecular formula is C19H30O3. The number of hydrogen-bond donors (Lipinski definition) is 3. The minimum absolute atomic E-state index is 0.112. The van der Waals surface area contributed by atoms with Crippen molar-refractivity contribution < 1.29 is 15.3 Å². The van der Waals surface area contributed by atoms with Gasteiger partial charge in [-0.25, -0.2) is 0 Å². The van der Waals surface area contributed by atoms with Gasteiger partial charge < -0.3 is 15.3 Å². The van der Waals surface area contributed by atoms with Crippen molar-refractivity contribution >= 4 is 0 Å². The molecule has 0 saturated heterocycles. The highest BCUT2D eigenvalue weighted by Gasteiger charge is 2.61. The fraction of sp³-hybridized carbons (Fsp3) is 0.895. The van der Waals surface area contributed by atoms with Crippen molar-refractivity contribution in [1.29, 1.82) is 0 Å². The number of fused-ring (bicyclic) bond motifs is 5. The summed E-state index contributed by atoms with van der Waals surface area (Å²) in [4.78, 5) is 0. The average molecular weight is 306 g/mol. The van der Waals surface area contributed by atoms with Crippen molar-refractivity contribution in [3.8, 4) is 0 Å². The standard InChI is InChI=1S/C19H30O3/c1-18-7-5-12(20)9-11(18)10-15(21)17-13-3-4-16(22)19(13,2)8-6-14(17)18/h4,11-15,17,20-22H,3,5-10H2,1-2H3/t11-,12+,13+,14+,15+,17+,18+,19+/m1/s1. The van der Waals surface area contributed by atoms with Gasteiger partial charge in [0.1, 0.15) is 0 Å². The van der Waals surface area contributed by atoms with Gasteiger partial charge in [-0.05, 0) is 80.1 Å². The lowest BCUT2D eigenvalue weighted by molar-refractivity contribution is -0.168. The van der Waals surface area contributed by atoms with Crippen LogP contribution in [0.15, 0.2) is 11.8 Å². The van der Waals surface area contributed by atoms with Gasteiger partial charge in [-0.1, -0.05) is 13.8 Å². The molecule has 4 aliphatic rings. The van der Waals surface area contributed by atoms with Gasteiger partial charge >= 0.3 is 0 Å². The van der Waals surface area contributed by atoms with Crippen LogP contribution >= 0.6 is 0 Å². The maximum Gasteiger partial charge on any atom is 0.0944 e. The van der Waals surface area contributed by atoms with E-state index in [-0.39, 0.29) is 23.0 Å². The van der Waals surface area contributed by atoms with Crippen LogP contribution in [0.25, 0.3) is 0 Å². The Morgan fingerprint density at radius 2 is 1.82 bits per heavy atom. The Balaban J connectivity index is 1.68. The van der Waals surface area contributed by atoms with Gasteiger partial charge in [0.2, 0.25) is 0 Å². The highest BCUT2D eigenvalue weighted by Crippen LogP contribution is 2.65. The fourth-order valence-corrected chi connectivity index (χ4v) is 6.75. The molecule has 0 aromatic carbocycles. The second kappa shape index (κ2) is 4.73. The summed E-state index contributed by atoms with van der Waals surface area (Å²) in [5.74, 6) is 2.28. The molecule has 124 valence electrons. The molecule has 0 aromatic heterocycles. The summed E-state index contributed by atoms with van der Waals surface area (Å²) < 4.78 is 0. The van der Waals surface area contributed by atoms with Crippen LogP contribution in [0.2, 0.25) is 0 Å². The molecule has 0 radical (unpaired) electrons. The third kappa shape index (κ3) is 1.81. The Labute approximate surface area is 133 Å². The van der Waals surface area contributed by atoms with Crippen molar-refractivity contribution in [3.05, 3.63) is 11.8 Å². The van der Waals surface area contributed by atoms with Gasteiger partial charge in [0.05, 0.1) is 18.0 Å². The number of allylic oxidation sites excluding steroid dienone is 2. The van der Waals surface area contributed by atoms with Gasteiger partial charge in [0, 0.05) is 5.41 Å². The van der Waals surface area contributed by atoms with Gasteiger partial charge in [0.15, 0.2) is 0 Å². The number of aliphatic hydroxyl groups is 3. The lowest BCUT2D eigenvalue weighted by Crippen LogP contribution is -2.58. The first-order valence-electron chi connectivity index (χ1n) is 9.12. The van der Waals surface area contributed by atoms with E-state index in [4.69, 9.17) is 0 Å². The van der Waals surface area contributed by atoms with E-state index < -0.39 is 0 Å². The lowest BCUT2D eigenvalue weighted by atomic mass is 9.44. The summed E-state index contributed by atoms with van der Waals surface area (Å²) in [5, 5.41) is 31.3. The smallest absolute Gasteiger partial charge is 0.0944 e. The van der Waals surface area contributed by atoms with Crippen LogP contribution < -0.4 is 0 Å². The number of aliphatic hydroxyl groups excluding tert-OH is 3. The first-order valence-corrected chi connectivity index (χ1v) is 9.12. The summed E-state index contributed by atoms with van der Waals surface area (Å²) in [5.41, 5.74) is 0.155. The maximum absolute atomic E-state index is 10.9. The molecule has 0 bridgehead atoms. The van der Waals surface area contributed by atoms with Gasteiger partial charge in [0.25, 0.3) is 0 Å². The van der Waals surface area contributed by atoms with E-state index in [1.54, 1.807) is 0 Å². The normalized spacial score (nSPS) is 57.5. The summed E-state index contributed by atoms with van der Waals surface area (Å²) in [7, 11) is 0. The Bertz CT molecular complexity index is 501. The van der Waals surface area contributed by atoms with Crippen molar-refractivity contribution in [2.45, 2.75) is 71.0 Å². The van der Waals surface area contributed by atoms with Crippen molar-refractivity contribution in [2.75, 3.05) is 0 Å². The number of hydrogen-bond acceptors (Lipinski definition) is 3. The van der Waals surface area contributed by atoms with E-state index in [9.17, 15) is 15.3 Å². The Hall–Kier alpha value is -0.540. The monoisotopic (exact) mass is 306 g/mol. The van der Waals surface area contributed by atoms with Crippen LogP contribution in [0, 0.1) is 34.5 Å². The highest BCUT2D eigenvalue weighted by molar-refractivity contribution is 5.21. The maximum atomic E-state index is 10.9. The van der Waals surface area contributed by atoms with Crippen molar-refractivity contribution in [3.63, 3.8) is 0 Å². The molecule has 0 heterocycles. The summed E-state index contributed by atoms with van der Waals surface area (Å²) in [6.45, 7) is 4.61. The van der Waals surface area contributed by atoms with E-state index in [0.717, 1.165) is 44.9 Å². The minimum Gasteiger partial charge on any atom is -0.512 e. The molecule has 0 aliphatic heterocycles. The van der Waals surface area contributed by atoms with Gasteiger partial charge in [-0.3, -0.25) is 0 Å². The zero-order chi connectivity index (χ0) is 15.7. The zero-order valence-electron chi connectivity index (χ0n) is 13.8. The highest BCUT2D eigenvalue weighted by atomic mass is 16.3. The SMILES string of the molecule is C[C@]12CC[C@H](O)C[C@@H]1C[C@H](O)[C@@H]1[C@@H]2CC[C@]2(C)C(O)=CC[C@@H]12. The molecule has 3 N–H and O–H groups in total. The van der Waals surface area contributed by atoms with Crippen molar-refractivity contribution in [2.24, 2.45) is 34.5 Å². The molecule has 0 amide bonds. The molecule has 0 unspecified atom stereocenters. The molecule has 3 fully saturated rings. The summed E-state index contributed by atoms with van der Waals surface area (Å²) >= 11 is 0. The molecule has 3 nitrogen and oxygen atoms in total. The van der Waals surface area contributed by atoms with Crippen LogP contribution in [0.4, 0.5) is 0 Å². The van der Waals surface area contributed by atoms with Crippen molar-refractivity contribution in [1.82, 2.24) is 0 Å². The van der Waals surface area contributed by atoms with E-state index in [2.05, 4.69) is 13.8 Å². The zero-order valence-corrected chi connectivity index (χ0v) is 13.8. The molecule has 0 aromatic rings. The van der Waals surface area contributed by atoms with Crippen LogP contribution in [0.3, 0.4) is 0 Å². The quantitative estimate of drug-likeness (QED) is 0.643. The minimum atomic E-state index is -0.266. The Morgan fingerprint density at radius 1 is 1.05 bits per heavy atom. The van der Waals surface area contributed by atoms with E-state index in [1.807, 2.05) is 6.08 Å². The molecule has 8 atom stereocenters. The molecular weight excluding hydrogens is 276 g/mol. The predicted octanol–water partition coefficient (Wildman–Crippen LogP) is 3.41. The third-order valence-corrected chi connectivity index (χ3v) is 8.20. The van der Waals surface area contributed by atoms with Gasteiger partial charge in [-0.2, -0.15) is 0 Å². The molecule has 3 heteroatoms. The summed E-state index contributed by atoms with van der Waals surface area (Å²) in [6.07, 6.45) is 8.33. The van der Waals surface area contributed by atoms with E-state index in [1.165, 1.54) is 0 Å². The molecule has 3 saturated carbocycles. The largest absolute Gasteiger partial charge is 0.512 e. The summed E-state index contributed by atoms with van der Waals surface area (Å²) in [6, 6.07) is 0. The lowest BCUT2D eigenvalue weighted by Gasteiger charge is -2.61. The topological polar surface area (TPSA) is 60.7 Å². The molecule has 4 rings (SSSR count). The van der Waals surface area contributed by atoms with Crippen LogP contribution in [0.5, 0.6) is 0 Å². The Morgan fingerprint density at radius 3 is 2.59 bits per heavy atom. The third-order valence-electron chi connectivity index (χ3n) is 8.20. The first-order chi connectivity index (χ1) is 10.4. The fourth-order valence-electron chi connectivity index (χ4n) is 6.75. The molecule has 22 heavy (non-hydrogen) atoms. The molecule has 0 spiro atoms. The second-order valence-corrected chi connectivity index (χ2v) is 9.01. The van der Waals surface area contributed by atoms with Gasteiger partial charge in [-0.15, -0.1) is 0 Å². The van der Waals surface area contributed by atoms with Crippen LogP contribution in [0.1, 0.15) is 58.8 Å². The molecule has 4 aliphatic carbocycles. The second-order valence-electron chi connectivity index (χ2n) is 9.01. The number of rotatable bonds is 0. The van der Waals surface area contributed by atoms with Crippen LogP contribution in [-0.2, 0) is 0 Å².